The largest absolute Gasteiger partial charge is 0.320 e. The molecule has 19 heavy (non-hydrogen) atoms. The van der Waals surface area contributed by atoms with Gasteiger partial charge < -0.3 is 5.73 Å². The maximum Gasteiger partial charge on any atom is 0.0569 e. The Morgan fingerprint density at radius 3 is 2.16 bits per heavy atom. The second-order valence-electron chi connectivity index (χ2n) is 4.60. The van der Waals surface area contributed by atoms with Crippen molar-refractivity contribution in [3.63, 3.8) is 0 Å². The van der Waals surface area contributed by atoms with Gasteiger partial charge in [-0.1, -0.05) is 46.9 Å². The summed E-state index contributed by atoms with van der Waals surface area (Å²) < 4.78 is 0. The molecule has 100 valence electrons. The third-order valence-electron chi connectivity index (χ3n) is 3.18. The quantitative estimate of drug-likeness (QED) is 0.798. The van der Waals surface area contributed by atoms with Crippen LogP contribution in [0, 0.1) is 13.8 Å². The first-order valence-corrected chi connectivity index (χ1v) is 7.00. The molecule has 0 spiro atoms. The van der Waals surface area contributed by atoms with Crippen molar-refractivity contribution in [2.45, 2.75) is 19.9 Å². The van der Waals surface area contributed by atoms with Crippen molar-refractivity contribution in [1.82, 2.24) is 0 Å². The molecule has 4 heteroatoms. The second-order valence-corrected chi connectivity index (χ2v) is 5.85. The molecule has 1 atom stereocenters. The molecule has 1 unspecified atom stereocenters. The Morgan fingerprint density at radius 1 is 0.842 bits per heavy atom. The zero-order valence-corrected chi connectivity index (χ0v) is 12.9. The first kappa shape index (κ1) is 14.7. The normalized spacial score (nSPS) is 12.5. The number of hydrogen-bond acceptors (Lipinski definition) is 1. The van der Waals surface area contributed by atoms with Gasteiger partial charge in [0.05, 0.1) is 6.04 Å². The summed E-state index contributed by atoms with van der Waals surface area (Å²) in [6, 6.07) is 9.00. The Morgan fingerprint density at radius 2 is 1.53 bits per heavy atom. The van der Waals surface area contributed by atoms with Crippen LogP contribution in [0.2, 0.25) is 15.1 Å². The third-order valence-corrected chi connectivity index (χ3v) is 4.15. The van der Waals surface area contributed by atoms with Gasteiger partial charge >= 0.3 is 0 Å². The Bertz CT molecular complexity index is 623. The van der Waals surface area contributed by atoms with Crippen LogP contribution < -0.4 is 5.73 Å². The molecule has 2 aromatic rings. The highest BCUT2D eigenvalue weighted by molar-refractivity contribution is 6.35. The van der Waals surface area contributed by atoms with Crippen LogP contribution in [0.1, 0.15) is 28.3 Å². The summed E-state index contributed by atoms with van der Waals surface area (Å²) in [5.41, 5.74) is 10.2. The number of hydrogen-bond donors (Lipinski definition) is 1. The Balaban J connectivity index is 2.49. The van der Waals surface area contributed by atoms with E-state index in [0.717, 1.165) is 27.3 Å². The minimum atomic E-state index is -0.291. The fraction of sp³-hybridized carbons (Fsp3) is 0.200. The summed E-state index contributed by atoms with van der Waals surface area (Å²) in [6.07, 6.45) is 0. The molecular weight excluding hydrogens is 301 g/mol. The molecule has 0 bridgehead atoms. The van der Waals surface area contributed by atoms with E-state index in [9.17, 15) is 0 Å². The summed E-state index contributed by atoms with van der Waals surface area (Å²) in [5.74, 6) is 0. The van der Waals surface area contributed by atoms with Crippen LogP contribution in [0.3, 0.4) is 0 Å². The number of benzene rings is 2. The molecule has 0 amide bonds. The molecule has 0 aliphatic rings. The summed E-state index contributed by atoms with van der Waals surface area (Å²) in [5, 5.41) is 1.92. The van der Waals surface area contributed by atoms with Crippen molar-refractivity contribution >= 4 is 34.8 Å². The Labute approximate surface area is 128 Å². The summed E-state index contributed by atoms with van der Waals surface area (Å²) in [4.78, 5) is 0. The lowest BCUT2D eigenvalue weighted by atomic mass is 9.94. The first-order valence-electron chi connectivity index (χ1n) is 5.87. The van der Waals surface area contributed by atoms with Gasteiger partial charge in [0.2, 0.25) is 0 Å². The van der Waals surface area contributed by atoms with Gasteiger partial charge in [0.1, 0.15) is 0 Å². The molecule has 0 heterocycles. The van der Waals surface area contributed by atoms with Crippen LogP contribution in [0.25, 0.3) is 0 Å². The number of aryl methyl sites for hydroxylation is 2. The molecule has 2 aromatic carbocycles. The molecule has 1 nitrogen and oxygen atoms in total. The fourth-order valence-electron chi connectivity index (χ4n) is 2.06. The predicted molar refractivity (Wildman–Crippen MR) is 83.4 cm³/mol. The average Bonchev–Trinajstić information content (AvgIpc) is 2.33. The van der Waals surface area contributed by atoms with E-state index in [1.54, 1.807) is 12.1 Å². The SMILES string of the molecule is Cc1cc(C(N)c2ccc(Cl)cc2Cl)c(C)cc1Cl. The third kappa shape index (κ3) is 3.06. The van der Waals surface area contributed by atoms with Gasteiger partial charge in [-0.25, -0.2) is 0 Å². The van der Waals surface area contributed by atoms with Gasteiger partial charge in [-0.15, -0.1) is 0 Å². The van der Waals surface area contributed by atoms with E-state index in [2.05, 4.69) is 0 Å². The van der Waals surface area contributed by atoms with E-state index in [4.69, 9.17) is 40.5 Å². The minimum Gasteiger partial charge on any atom is -0.320 e. The van der Waals surface area contributed by atoms with Gasteiger partial charge in [-0.2, -0.15) is 0 Å². The lowest BCUT2D eigenvalue weighted by Crippen LogP contribution is -2.14. The van der Waals surface area contributed by atoms with E-state index in [1.165, 1.54) is 0 Å². The van der Waals surface area contributed by atoms with Crippen molar-refractivity contribution in [2.75, 3.05) is 0 Å². The van der Waals surface area contributed by atoms with Gasteiger partial charge in [0, 0.05) is 15.1 Å². The lowest BCUT2D eigenvalue weighted by Gasteiger charge is -2.18. The van der Waals surface area contributed by atoms with E-state index in [1.807, 2.05) is 32.0 Å². The smallest absolute Gasteiger partial charge is 0.0569 e. The van der Waals surface area contributed by atoms with E-state index < -0.39 is 0 Å². The van der Waals surface area contributed by atoms with Crippen molar-refractivity contribution in [3.05, 3.63) is 67.7 Å². The maximum absolute atomic E-state index is 6.32. The highest BCUT2D eigenvalue weighted by Gasteiger charge is 2.16. The molecule has 0 saturated carbocycles. The van der Waals surface area contributed by atoms with Gasteiger partial charge in [0.25, 0.3) is 0 Å². The van der Waals surface area contributed by atoms with Crippen molar-refractivity contribution in [2.24, 2.45) is 5.73 Å². The zero-order valence-electron chi connectivity index (χ0n) is 10.7. The zero-order chi connectivity index (χ0) is 14.2. The molecule has 0 aliphatic heterocycles. The molecule has 2 rings (SSSR count). The van der Waals surface area contributed by atoms with Gasteiger partial charge in [-0.05, 0) is 54.3 Å². The summed E-state index contributed by atoms with van der Waals surface area (Å²) >= 11 is 18.2. The van der Waals surface area contributed by atoms with Crippen molar-refractivity contribution < 1.29 is 0 Å². The minimum absolute atomic E-state index is 0.291. The Hall–Kier alpha value is -0.730. The molecule has 0 saturated heterocycles. The van der Waals surface area contributed by atoms with E-state index in [-0.39, 0.29) is 6.04 Å². The van der Waals surface area contributed by atoms with Crippen LogP contribution in [-0.4, -0.2) is 0 Å². The molecule has 0 radical (unpaired) electrons. The second kappa shape index (κ2) is 5.72. The summed E-state index contributed by atoms with van der Waals surface area (Å²) in [6.45, 7) is 3.95. The highest BCUT2D eigenvalue weighted by Crippen LogP contribution is 2.32. The monoisotopic (exact) mass is 313 g/mol. The molecule has 0 aromatic heterocycles. The van der Waals surface area contributed by atoms with Crippen LogP contribution in [-0.2, 0) is 0 Å². The van der Waals surface area contributed by atoms with Gasteiger partial charge in [0.15, 0.2) is 0 Å². The summed E-state index contributed by atoms with van der Waals surface area (Å²) in [7, 11) is 0. The molecule has 0 fully saturated rings. The molecule has 2 N–H and O–H groups in total. The lowest BCUT2D eigenvalue weighted by molar-refractivity contribution is 0.860. The number of halogens is 3. The standard InChI is InChI=1S/C15H14Cl3N/c1-8-6-13(17)9(2)5-12(8)15(19)11-4-3-10(16)7-14(11)18/h3-7,15H,19H2,1-2H3. The fourth-order valence-corrected chi connectivity index (χ4v) is 2.80. The Kier molecular flexibility index (Phi) is 4.42. The highest BCUT2D eigenvalue weighted by atomic mass is 35.5. The van der Waals surface area contributed by atoms with Crippen LogP contribution in [0.4, 0.5) is 0 Å². The topological polar surface area (TPSA) is 26.0 Å². The van der Waals surface area contributed by atoms with Crippen molar-refractivity contribution in [3.8, 4) is 0 Å². The van der Waals surface area contributed by atoms with E-state index in [0.29, 0.717) is 10.0 Å². The van der Waals surface area contributed by atoms with E-state index >= 15 is 0 Å². The maximum atomic E-state index is 6.32. The van der Waals surface area contributed by atoms with Crippen LogP contribution >= 0.6 is 34.8 Å². The first-order chi connectivity index (χ1) is 8.90. The predicted octanol–water partition coefficient (Wildman–Crippen LogP) is 5.31. The number of rotatable bonds is 2. The van der Waals surface area contributed by atoms with Crippen LogP contribution in [0.5, 0.6) is 0 Å². The molecule has 0 aliphatic carbocycles. The van der Waals surface area contributed by atoms with Crippen molar-refractivity contribution in [1.29, 1.82) is 0 Å². The average molecular weight is 315 g/mol. The molecular formula is C15H14Cl3N. The number of nitrogens with two attached hydrogens (primary N) is 1. The van der Waals surface area contributed by atoms with Crippen LogP contribution in [0.15, 0.2) is 30.3 Å². The van der Waals surface area contributed by atoms with Gasteiger partial charge in [-0.3, -0.25) is 0 Å².